The molecule has 2 aromatic carbocycles. The number of fused-ring (bicyclic) bond motifs is 1. The predicted octanol–water partition coefficient (Wildman–Crippen LogP) is 3.74. The lowest BCUT2D eigenvalue weighted by molar-refractivity contribution is -0.123. The van der Waals surface area contributed by atoms with Crippen LogP contribution in [0.1, 0.15) is 5.69 Å². The summed E-state index contributed by atoms with van der Waals surface area (Å²) in [7, 11) is 0. The zero-order valence-electron chi connectivity index (χ0n) is 13.0. The largest absolute Gasteiger partial charge is 0.483 e. The van der Waals surface area contributed by atoms with Gasteiger partial charge in [0.15, 0.2) is 6.61 Å². The molecule has 1 amide bonds. The number of nitrogens with zero attached hydrogens (tertiary/aromatic N) is 1. The minimum Gasteiger partial charge on any atom is -0.483 e. The third-order valence-corrected chi connectivity index (χ3v) is 4.43. The Balaban J connectivity index is 1.52. The third kappa shape index (κ3) is 4.11. The molecule has 0 atom stereocenters. The van der Waals surface area contributed by atoms with E-state index in [1.807, 2.05) is 54.6 Å². The molecule has 122 valence electrons. The molecule has 0 unspecified atom stereocenters. The highest BCUT2D eigenvalue weighted by Crippen LogP contribution is 2.32. The second-order valence-electron chi connectivity index (χ2n) is 5.31. The van der Waals surface area contributed by atoms with Crippen molar-refractivity contribution in [1.82, 2.24) is 10.3 Å². The molecule has 1 heterocycles. The number of nitrogens with one attached hydrogen (secondary N) is 1. The number of hydrogen-bond donors (Lipinski definition) is 1. The smallest absolute Gasteiger partial charge is 0.257 e. The van der Waals surface area contributed by atoms with E-state index in [1.165, 1.54) is 0 Å². The quantitative estimate of drug-likeness (QED) is 0.704. The van der Waals surface area contributed by atoms with Gasteiger partial charge >= 0.3 is 0 Å². The van der Waals surface area contributed by atoms with Gasteiger partial charge in [-0.1, -0.05) is 36.4 Å². The van der Waals surface area contributed by atoms with Gasteiger partial charge in [0.1, 0.15) is 5.75 Å². The summed E-state index contributed by atoms with van der Waals surface area (Å²) in [6.45, 7) is 0.525. The summed E-state index contributed by atoms with van der Waals surface area (Å²) in [5.41, 5.74) is 0.955. The molecule has 3 rings (SSSR count). The standard InChI is InChI=1S/C19H17BrN2O2/c20-19-16-7-2-1-5-14(16)8-9-17(19)24-13-18(23)22-12-10-15-6-3-4-11-21-15/h1-9,11H,10,12-13H2,(H,22,23). The Morgan fingerprint density at radius 3 is 2.75 bits per heavy atom. The van der Waals surface area contributed by atoms with Gasteiger partial charge in [-0.15, -0.1) is 0 Å². The first-order valence-corrected chi connectivity index (χ1v) is 8.50. The Kier molecular flexibility index (Phi) is 5.43. The predicted molar refractivity (Wildman–Crippen MR) is 98.1 cm³/mol. The lowest BCUT2D eigenvalue weighted by Gasteiger charge is -2.10. The molecule has 4 nitrogen and oxygen atoms in total. The molecule has 0 saturated heterocycles. The first-order valence-electron chi connectivity index (χ1n) is 7.71. The average Bonchev–Trinajstić information content (AvgIpc) is 2.62. The van der Waals surface area contributed by atoms with Gasteiger partial charge in [-0.05, 0) is 44.9 Å². The molecule has 0 aliphatic rings. The van der Waals surface area contributed by atoms with Crippen LogP contribution in [0, 0.1) is 0 Å². The number of carbonyl (C=O) groups is 1. The first kappa shape index (κ1) is 16.5. The Morgan fingerprint density at radius 2 is 1.92 bits per heavy atom. The van der Waals surface area contributed by atoms with E-state index < -0.39 is 0 Å². The zero-order chi connectivity index (χ0) is 16.8. The van der Waals surface area contributed by atoms with Crippen LogP contribution in [0.15, 0.2) is 65.3 Å². The second kappa shape index (κ2) is 7.93. The van der Waals surface area contributed by atoms with Crippen LogP contribution in [0.3, 0.4) is 0 Å². The molecule has 0 aliphatic carbocycles. The van der Waals surface area contributed by atoms with Crippen LogP contribution in [-0.4, -0.2) is 24.0 Å². The van der Waals surface area contributed by atoms with Crippen molar-refractivity contribution in [1.29, 1.82) is 0 Å². The van der Waals surface area contributed by atoms with Crippen LogP contribution in [0.5, 0.6) is 5.75 Å². The van der Waals surface area contributed by atoms with Crippen molar-refractivity contribution < 1.29 is 9.53 Å². The summed E-state index contributed by atoms with van der Waals surface area (Å²) in [6.07, 6.45) is 2.45. The van der Waals surface area contributed by atoms with E-state index in [0.29, 0.717) is 18.7 Å². The highest BCUT2D eigenvalue weighted by molar-refractivity contribution is 9.10. The van der Waals surface area contributed by atoms with Crippen molar-refractivity contribution >= 4 is 32.6 Å². The fraction of sp³-hybridized carbons (Fsp3) is 0.158. The Hall–Kier alpha value is -2.40. The minimum atomic E-state index is -0.147. The van der Waals surface area contributed by atoms with Crippen LogP contribution in [0.4, 0.5) is 0 Å². The van der Waals surface area contributed by atoms with Crippen LogP contribution in [-0.2, 0) is 11.2 Å². The minimum absolute atomic E-state index is 0.0147. The monoisotopic (exact) mass is 384 g/mol. The number of halogens is 1. The Labute approximate surface area is 149 Å². The average molecular weight is 385 g/mol. The zero-order valence-corrected chi connectivity index (χ0v) is 14.6. The van der Waals surface area contributed by atoms with Gasteiger partial charge in [0.05, 0.1) is 4.47 Å². The van der Waals surface area contributed by atoms with Crippen molar-refractivity contribution in [2.45, 2.75) is 6.42 Å². The summed E-state index contributed by atoms with van der Waals surface area (Å²) in [5, 5.41) is 5.02. The molecule has 0 spiro atoms. The maximum atomic E-state index is 11.9. The molecule has 0 fully saturated rings. The van der Waals surface area contributed by atoms with Gasteiger partial charge in [-0.25, -0.2) is 0 Å². The van der Waals surface area contributed by atoms with Gasteiger partial charge in [0, 0.05) is 24.9 Å². The molecular weight excluding hydrogens is 368 g/mol. The summed E-state index contributed by atoms with van der Waals surface area (Å²) in [6, 6.07) is 17.6. The maximum absolute atomic E-state index is 11.9. The highest BCUT2D eigenvalue weighted by atomic mass is 79.9. The number of benzene rings is 2. The normalized spacial score (nSPS) is 10.5. The van der Waals surface area contributed by atoms with Gasteiger partial charge in [0.25, 0.3) is 5.91 Å². The van der Waals surface area contributed by atoms with Crippen molar-refractivity contribution in [2.75, 3.05) is 13.2 Å². The van der Waals surface area contributed by atoms with Crippen molar-refractivity contribution in [3.8, 4) is 5.75 Å². The molecule has 24 heavy (non-hydrogen) atoms. The fourth-order valence-electron chi connectivity index (χ4n) is 2.40. The molecular formula is C19H17BrN2O2. The van der Waals surface area contributed by atoms with Crippen LogP contribution < -0.4 is 10.1 Å². The summed E-state index contributed by atoms with van der Waals surface area (Å²) in [4.78, 5) is 16.1. The van der Waals surface area contributed by atoms with Crippen molar-refractivity contribution in [3.05, 3.63) is 71.0 Å². The topological polar surface area (TPSA) is 51.2 Å². The maximum Gasteiger partial charge on any atom is 0.257 e. The van der Waals surface area contributed by atoms with Gasteiger partial charge in [-0.2, -0.15) is 0 Å². The summed E-state index contributed by atoms with van der Waals surface area (Å²) >= 11 is 3.55. The Bertz CT molecular complexity index is 837. The van der Waals surface area contributed by atoms with E-state index >= 15 is 0 Å². The van der Waals surface area contributed by atoms with E-state index in [2.05, 4.69) is 26.2 Å². The van der Waals surface area contributed by atoms with E-state index in [9.17, 15) is 4.79 Å². The number of ether oxygens (including phenoxy) is 1. The van der Waals surface area contributed by atoms with E-state index in [0.717, 1.165) is 20.9 Å². The molecule has 1 N–H and O–H groups in total. The fourth-order valence-corrected chi connectivity index (χ4v) is 3.00. The molecule has 0 saturated carbocycles. The van der Waals surface area contributed by atoms with E-state index in [-0.39, 0.29) is 12.5 Å². The summed E-state index contributed by atoms with van der Waals surface area (Å²) in [5.74, 6) is 0.513. The van der Waals surface area contributed by atoms with Gasteiger partial charge in [0.2, 0.25) is 0 Å². The molecule has 5 heteroatoms. The highest BCUT2D eigenvalue weighted by Gasteiger charge is 2.08. The van der Waals surface area contributed by atoms with Crippen LogP contribution in [0.2, 0.25) is 0 Å². The van der Waals surface area contributed by atoms with E-state index in [1.54, 1.807) is 6.20 Å². The number of pyridine rings is 1. The molecule has 0 radical (unpaired) electrons. The van der Waals surface area contributed by atoms with Crippen molar-refractivity contribution in [2.24, 2.45) is 0 Å². The van der Waals surface area contributed by atoms with Crippen molar-refractivity contribution in [3.63, 3.8) is 0 Å². The first-order chi connectivity index (χ1) is 11.7. The van der Waals surface area contributed by atoms with Gasteiger partial charge < -0.3 is 10.1 Å². The lowest BCUT2D eigenvalue weighted by atomic mass is 10.1. The lowest BCUT2D eigenvalue weighted by Crippen LogP contribution is -2.30. The number of rotatable bonds is 6. The summed E-state index contributed by atoms with van der Waals surface area (Å²) < 4.78 is 6.50. The Morgan fingerprint density at radius 1 is 1.08 bits per heavy atom. The van der Waals surface area contributed by atoms with Crippen LogP contribution >= 0.6 is 15.9 Å². The van der Waals surface area contributed by atoms with Gasteiger partial charge in [-0.3, -0.25) is 9.78 Å². The molecule has 0 aliphatic heterocycles. The number of aromatic nitrogens is 1. The molecule has 1 aromatic heterocycles. The molecule has 3 aromatic rings. The number of amides is 1. The number of hydrogen-bond acceptors (Lipinski definition) is 3. The third-order valence-electron chi connectivity index (χ3n) is 3.62. The number of carbonyl (C=O) groups excluding carboxylic acids is 1. The molecule has 0 bridgehead atoms. The second-order valence-corrected chi connectivity index (χ2v) is 6.10. The van der Waals surface area contributed by atoms with E-state index in [4.69, 9.17) is 4.74 Å². The van der Waals surface area contributed by atoms with Crippen LogP contribution in [0.25, 0.3) is 10.8 Å². The SMILES string of the molecule is O=C(COc1ccc2ccccc2c1Br)NCCc1ccccn1.